The van der Waals surface area contributed by atoms with Crippen LogP contribution in [0.15, 0.2) is 60.9 Å². The lowest BCUT2D eigenvalue weighted by atomic mass is 9.83. The number of hydrogen-bond donors (Lipinski definition) is 1. The molecule has 4 unspecified atom stereocenters. The maximum absolute atomic E-state index is 11.4. The van der Waals surface area contributed by atoms with Gasteiger partial charge in [0.15, 0.2) is 0 Å². The summed E-state index contributed by atoms with van der Waals surface area (Å²) in [5, 5.41) is 20.7. The lowest BCUT2D eigenvalue weighted by Gasteiger charge is -2.37. The zero-order valence-electron chi connectivity index (χ0n) is 28.6. The number of likely N-dealkylation sites (tertiary alicyclic amines) is 2. The molecule has 6 rings (SSSR count). The normalized spacial score (nSPS) is 20.8. The van der Waals surface area contributed by atoms with Crippen LogP contribution in [-0.2, 0) is 14.3 Å². The molecular formula is C40H49N7O3. The molecule has 10 nitrogen and oxygen atoms in total. The van der Waals surface area contributed by atoms with E-state index in [2.05, 4.69) is 64.0 Å². The quantitative estimate of drug-likeness (QED) is 0.217. The highest BCUT2D eigenvalue weighted by Crippen LogP contribution is 2.36. The van der Waals surface area contributed by atoms with E-state index in [-0.39, 0.29) is 19.3 Å². The van der Waals surface area contributed by atoms with Crippen LogP contribution in [0, 0.1) is 34.5 Å². The van der Waals surface area contributed by atoms with E-state index in [4.69, 9.17) is 10.5 Å². The highest BCUT2D eigenvalue weighted by molar-refractivity contribution is 5.88. The van der Waals surface area contributed by atoms with Crippen molar-refractivity contribution in [3.05, 3.63) is 83.2 Å². The summed E-state index contributed by atoms with van der Waals surface area (Å²) in [6.45, 7) is 9.75. The Balaban J connectivity index is 0.000000220. The van der Waals surface area contributed by atoms with Crippen molar-refractivity contribution in [2.75, 3.05) is 46.4 Å². The Morgan fingerprint density at radius 3 is 1.66 bits per heavy atom. The van der Waals surface area contributed by atoms with Crippen LogP contribution in [0.5, 0.6) is 0 Å². The number of benzene rings is 2. The number of nitriles is 2. The van der Waals surface area contributed by atoms with E-state index in [0.29, 0.717) is 54.2 Å². The molecule has 10 heteroatoms. The van der Waals surface area contributed by atoms with Crippen LogP contribution in [0.25, 0.3) is 21.8 Å². The van der Waals surface area contributed by atoms with E-state index in [1.165, 1.54) is 18.2 Å². The summed E-state index contributed by atoms with van der Waals surface area (Å²) in [6, 6.07) is 20.3. The van der Waals surface area contributed by atoms with Gasteiger partial charge in [-0.15, -0.1) is 0 Å². The van der Waals surface area contributed by atoms with Gasteiger partial charge in [-0.25, -0.2) is 0 Å². The predicted octanol–water partition coefficient (Wildman–Crippen LogP) is 6.14. The van der Waals surface area contributed by atoms with Crippen LogP contribution in [0.1, 0.15) is 81.0 Å². The number of primary amides is 1. The summed E-state index contributed by atoms with van der Waals surface area (Å²) >= 11 is 0. The fourth-order valence-corrected chi connectivity index (χ4v) is 7.64. The number of methoxy groups -OCH3 is 1. The smallest absolute Gasteiger partial charge is 0.306 e. The first kappa shape index (κ1) is 37.9. The van der Waals surface area contributed by atoms with Gasteiger partial charge in [-0.1, -0.05) is 45.5 Å². The summed E-state index contributed by atoms with van der Waals surface area (Å²) in [5.41, 5.74) is 10.6. The van der Waals surface area contributed by atoms with E-state index in [1.807, 2.05) is 30.3 Å². The van der Waals surface area contributed by atoms with Crippen LogP contribution in [0.2, 0.25) is 0 Å². The van der Waals surface area contributed by atoms with E-state index in [1.54, 1.807) is 12.4 Å². The minimum atomic E-state index is -0.252. The maximum Gasteiger partial charge on any atom is 0.306 e. The molecule has 2 aliphatic heterocycles. The highest BCUT2D eigenvalue weighted by Gasteiger charge is 2.29. The van der Waals surface area contributed by atoms with Gasteiger partial charge in [-0.2, -0.15) is 10.5 Å². The van der Waals surface area contributed by atoms with Gasteiger partial charge in [-0.3, -0.25) is 19.6 Å². The molecule has 2 saturated heterocycles. The molecule has 2 N–H and O–H groups in total. The average Bonchev–Trinajstić information content (AvgIpc) is 3.11. The van der Waals surface area contributed by atoms with E-state index in [9.17, 15) is 20.1 Å². The molecule has 0 saturated carbocycles. The monoisotopic (exact) mass is 675 g/mol. The Labute approximate surface area is 295 Å². The molecule has 2 aromatic carbocycles. The zero-order chi connectivity index (χ0) is 34.9. The standard InChI is InChI=1S/C20H23N3O2.C19H22N4O.CH4/c1-14-10-16(13-23(12-14)9-7-19(24)25-2)17-6-5-15(11-21)20-18(17)4-3-8-22-20;1-13-9-15(12-23(11-13)8-6-18(21)24)16-5-4-14(10-20)19-17(16)3-2-7-22-19;/h3-6,8,14,16H,7,9-10,12-13H2,1-2H3;2-5,7,13,15H,6,8-9,11-12H2,1H3,(H2,21,24);1H4. The number of carbonyl (C=O) groups is 2. The number of nitrogens with zero attached hydrogens (tertiary/aromatic N) is 6. The molecule has 4 aromatic rings. The van der Waals surface area contributed by atoms with Gasteiger partial charge >= 0.3 is 5.97 Å². The van der Waals surface area contributed by atoms with Gasteiger partial charge in [0.1, 0.15) is 12.1 Å². The molecule has 0 radical (unpaired) electrons. The lowest BCUT2D eigenvalue weighted by Crippen LogP contribution is -2.40. The molecule has 262 valence electrons. The zero-order valence-corrected chi connectivity index (χ0v) is 28.6. The number of nitrogens with two attached hydrogens (primary N) is 1. The number of carbonyl (C=O) groups excluding carboxylic acids is 2. The van der Waals surface area contributed by atoms with Crippen LogP contribution in [0.4, 0.5) is 0 Å². The van der Waals surface area contributed by atoms with Crippen LogP contribution in [-0.4, -0.2) is 78.0 Å². The Kier molecular flexibility index (Phi) is 13.4. The number of fused-ring (bicyclic) bond motifs is 2. The fourth-order valence-electron chi connectivity index (χ4n) is 7.64. The molecule has 0 bridgehead atoms. The Morgan fingerprint density at radius 2 is 1.24 bits per heavy atom. The number of ether oxygens (including phenoxy) is 1. The largest absolute Gasteiger partial charge is 0.469 e. The number of aromatic nitrogens is 2. The number of amides is 1. The summed E-state index contributed by atoms with van der Waals surface area (Å²) in [6.07, 6.45) is 6.49. The molecule has 50 heavy (non-hydrogen) atoms. The van der Waals surface area contributed by atoms with Crippen LogP contribution in [0.3, 0.4) is 0 Å². The van der Waals surface area contributed by atoms with E-state index >= 15 is 0 Å². The fraction of sp³-hybridized carbons (Fsp3) is 0.450. The van der Waals surface area contributed by atoms with Crippen LogP contribution >= 0.6 is 0 Å². The van der Waals surface area contributed by atoms with Gasteiger partial charge in [0.25, 0.3) is 0 Å². The summed E-state index contributed by atoms with van der Waals surface area (Å²) in [5.74, 6) is 1.44. The minimum Gasteiger partial charge on any atom is -0.469 e. The molecule has 1 amide bonds. The predicted molar refractivity (Wildman–Crippen MR) is 196 cm³/mol. The number of pyridine rings is 2. The molecule has 2 aliphatic rings. The van der Waals surface area contributed by atoms with Crippen molar-refractivity contribution in [1.82, 2.24) is 19.8 Å². The van der Waals surface area contributed by atoms with Crippen molar-refractivity contribution in [3.8, 4) is 12.1 Å². The maximum atomic E-state index is 11.4. The number of hydrogen-bond acceptors (Lipinski definition) is 9. The number of piperidine rings is 2. The molecular weight excluding hydrogens is 626 g/mol. The highest BCUT2D eigenvalue weighted by atomic mass is 16.5. The third kappa shape index (κ3) is 9.20. The molecule has 0 aliphatic carbocycles. The Hall–Kier alpha value is -4.90. The lowest BCUT2D eigenvalue weighted by molar-refractivity contribution is -0.141. The van der Waals surface area contributed by atoms with Crippen molar-refractivity contribution in [3.63, 3.8) is 0 Å². The first-order valence-corrected chi connectivity index (χ1v) is 17.1. The Morgan fingerprint density at radius 1 is 0.780 bits per heavy atom. The average molecular weight is 676 g/mol. The van der Waals surface area contributed by atoms with Gasteiger partial charge < -0.3 is 20.3 Å². The molecule has 4 atom stereocenters. The van der Waals surface area contributed by atoms with Gasteiger partial charge in [0, 0.05) is 68.9 Å². The van der Waals surface area contributed by atoms with Crippen molar-refractivity contribution < 1.29 is 14.3 Å². The van der Waals surface area contributed by atoms with Crippen molar-refractivity contribution in [1.29, 1.82) is 10.5 Å². The number of esters is 1. The second-order valence-corrected chi connectivity index (χ2v) is 13.6. The second-order valence-electron chi connectivity index (χ2n) is 13.6. The third-order valence-corrected chi connectivity index (χ3v) is 9.73. The topological polar surface area (TPSA) is 149 Å². The molecule has 0 spiro atoms. The molecule has 2 aromatic heterocycles. The van der Waals surface area contributed by atoms with E-state index < -0.39 is 0 Å². The molecule has 2 fully saturated rings. The summed E-state index contributed by atoms with van der Waals surface area (Å²) in [7, 11) is 1.43. The van der Waals surface area contributed by atoms with Crippen molar-refractivity contribution in [2.24, 2.45) is 17.6 Å². The van der Waals surface area contributed by atoms with Crippen molar-refractivity contribution >= 4 is 33.7 Å². The first-order valence-electron chi connectivity index (χ1n) is 17.1. The number of rotatable bonds is 8. The minimum absolute atomic E-state index is 0. The van der Waals surface area contributed by atoms with E-state index in [0.717, 1.165) is 67.4 Å². The van der Waals surface area contributed by atoms with Gasteiger partial charge in [0.05, 0.1) is 35.7 Å². The van der Waals surface area contributed by atoms with Gasteiger partial charge in [-0.05, 0) is 71.9 Å². The summed E-state index contributed by atoms with van der Waals surface area (Å²) in [4.78, 5) is 36.0. The SMILES string of the molecule is C.CC1CC(c2ccc(C#N)c3ncccc23)CN(CCC(N)=O)C1.COC(=O)CCN1CC(C)CC(c2ccc(C#N)c3ncccc23)C1. The van der Waals surface area contributed by atoms with Crippen molar-refractivity contribution in [2.45, 2.75) is 58.8 Å². The second kappa shape index (κ2) is 17.7. The van der Waals surface area contributed by atoms with Gasteiger partial charge in [0.2, 0.25) is 5.91 Å². The Bertz CT molecular complexity index is 1880. The first-order chi connectivity index (χ1) is 23.7. The molecule has 4 heterocycles. The summed E-state index contributed by atoms with van der Waals surface area (Å²) < 4.78 is 4.76. The van der Waals surface area contributed by atoms with Crippen LogP contribution < -0.4 is 5.73 Å². The third-order valence-electron chi connectivity index (χ3n) is 9.73.